The van der Waals surface area contributed by atoms with Gasteiger partial charge in [0.25, 0.3) is 5.91 Å². The minimum atomic E-state index is -0.189. The fourth-order valence-electron chi connectivity index (χ4n) is 2.82. The van der Waals surface area contributed by atoms with Crippen molar-refractivity contribution in [2.75, 3.05) is 18.4 Å². The summed E-state index contributed by atoms with van der Waals surface area (Å²) in [7, 11) is 0. The molecule has 0 spiro atoms. The maximum Gasteiger partial charge on any atom is 0.251 e. The highest BCUT2D eigenvalue weighted by Crippen LogP contribution is 2.13. The molecule has 0 aliphatic carbocycles. The number of nitrogens with one attached hydrogen (secondary N) is 2. The van der Waals surface area contributed by atoms with Crippen LogP contribution in [0.1, 0.15) is 28.8 Å². The van der Waals surface area contributed by atoms with Crippen LogP contribution in [0.25, 0.3) is 0 Å². The Morgan fingerprint density at radius 1 is 0.964 bits per heavy atom. The summed E-state index contributed by atoms with van der Waals surface area (Å²) in [6.07, 6.45) is 3.21. The molecule has 0 aliphatic heterocycles. The van der Waals surface area contributed by atoms with Crippen LogP contribution < -0.4 is 10.6 Å². The second-order valence-electron chi connectivity index (χ2n) is 6.29. The summed E-state index contributed by atoms with van der Waals surface area (Å²) in [4.78, 5) is 26.5. The van der Waals surface area contributed by atoms with Crippen molar-refractivity contribution in [1.82, 2.24) is 10.2 Å². The molecule has 0 bridgehead atoms. The third-order valence-corrected chi connectivity index (χ3v) is 4.03. The van der Waals surface area contributed by atoms with Crippen molar-refractivity contribution >= 4 is 17.5 Å². The van der Waals surface area contributed by atoms with Gasteiger partial charge in [-0.2, -0.15) is 0 Å². The van der Waals surface area contributed by atoms with Gasteiger partial charge in [-0.1, -0.05) is 6.07 Å². The van der Waals surface area contributed by atoms with Crippen molar-refractivity contribution in [2.45, 2.75) is 20.0 Å². The molecule has 2 aromatic heterocycles. The van der Waals surface area contributed by atoms with Crippen LogP contribution in [0, 0.1) is 0 Å². The van der Waals surface area contributed by atoms with Gasteiger partial charge in [0, 0.05) is 17.8 Å². The Balaban J connectivity index is 1.64. The number of hydrogen-bond acceptors (Lipinski definition) is 5. The van der Waals surface area contributed by atoms with Crippen LogP contribution in [-0.2, 0) is 17.9 Å². The molecule has 146 valence electrons. The molecule has 0 saturated heterocycles. The van der Waals surface area contributed by atoms with E-state index < -0.39 is 0 Å². The zero-order valence-electron chi connectivity index (χ0n) is 15.7. The molecule has 0 atom stereocenters. The average molecular weight is 381 g/mol. The van der Waals surface area contributed by atoms with E-state index in [4.69, 9.17) is 8.83 Å². The number of anilines is 1. The number of carbonyl (C=O) groups is 2. The molecule has 2 heterocycles. The molecule has 2 N–H and O–H groups in total. The van der Waals surface area contributed by atoms with Gasteiger partial charge in [0.2, 0.25) is 5.91 Å². The zero-order chi connectivity index (χ0) is 19.8. The van der Waals surface area contributed by atoms with Crippen molar-refractivity contribution in [3.8, 4) is 0 Å². The first-order valence-electron chi connectivity index (χ1n) is 9.09. The summed E-state index contributed by atoms with van der Waals surface area (Å²) in [6, 6.07) is 14.2. The van der Waals surface area contributed by atoms with Crippen LogP contribution in [0.4, 0.5) is 5.69 Å². The Kier molecular flexibility index (Phi) is 6.64. The van der Waals surface area contributed by atoms with Gasteiger partial charge in [0.05, 0.1) is 32.2 Å². The Bertz CT molecular complexity index is 852. The van der Waals surface area contributed by atoms with Crippen molar-refractivity contribution in [3.63, 3.8) is 0 Å². The van der Waals surface area contributed by atoms with Crippen LogP contribution in [0.15, 0.2) is 69.9 Å². The number of furan rings is 2. The minimum absolute atomic E-state index is 0.146. The van der Waals surface area contributed by atoms with Gasteiger partial charge in [0.15, 0.2) is 0 Å². The molecule has 7 heteroatoms. The molecule has 3 rings (SSSR count). The van der Waals surface area contributed by atoms with Crippen molar-refractivity contribution in [2.24, 2.45) is 0 Å². The highest BCUT2D eigenvalue weighted by molar-refractivity contribution is 5.97. The molecule has 0 aliphatic rings. The van der Waals surface area contributed by atoms with Gasteiger partial charge in [-0.05, 0) is 49.4 Å². The van der Waals surface area contributed by atoms with E-state index in [1.807, 2.05) is 36.1 Å². The largest absolute Gasteiger partial charge is 0.468 e. The fraction of sp³-hybridized carbons (Fsp3) is 0.238. The van der Waals surface area contributed by atoms with Crippen molar-refractivity contribution in [1.29, 1.82) is 0 Å². The van der Waals surface area contributed by atoms with E-state index in [1.165, 1.54) is 0 Å². The number of rotatable bonds is 9. The smallest absolute Gasteiger partial charge is 0.251 e. The predicted molar refractivity (Wildman–Crippen MR) is 105 cm³/mol. The molecule has 7 nitrogen and oxygen atoms in total. The molecule has 3 aromatic rings. The summed E-state index contributed by atoms with van der Waals surface area (Å²) in [5.41, 5.74) is 1.08. The summed E-state index contributed by atoms with van der Waals surface area (Å²) in [6.45, 7) is 3.49. The minimum Gasteiger partial charge on any atom is -0.468 e. The van der Waals surface area contributed by atoms with E-state index >= 15 is 0 Å². The standard InChI is InChI=1S/C21H23N3O4/c1-2-22-21(26)16-6-3-7-17(12-16)23-20(25)15-24(13-18-8-4-10-27-18)14-19-9-5-11-28-19/h3-12H,2,13-15H2,1H3,(H,22,26)(H,23,25). The number of carbonyl (C=O) groups excluding carboxylic acids is 2. The molecule has 0 fully saturated rings. The topological polar surface area (TPSA) is 87.7 Å². The SMILES string of the molecule is CCNC(=O)c1cccc(NC(=O)CN(Cc2ccco2)Cc2ccco2)c1. The molecule has 1 aromatic carbocycles. The number of amides is 2. The zero-order valence-corrected chi connectivity index (χ0v) is 15.7. The van der Waals surface area contributed by atoms with Gasteiger partial charge >= 0.3 is 0 Å². The van der Waals surface area contributed by atoms with Crippen LogP contribution in [0.5, 0.6) is 0 Å². The lowest BCUT2D eigenvalue weighted by molar-refractivity contribution is -0.117. The van der Waals surface area contributed by atoms with Crippen LogP contribution in [0.2, 0.25) is 0 Å². The predicted octanol–water partition coefficient (Wildman–Crippen LogP) is 3.26. The first-order valence-corrected chi connectivity index (χ1v) is 9.09. The van der Waals surface area contributed by atoms with Crippen LogP contribution in [-0.4, -0.2) is 29.8 Å². The lowest BCUT2D eigenvalue weighted by atomic mass is 10.2. The number of benzene rings is 1. The Morgan fingerprint density at radius 2 is 1.64 bits per heavy atom. The van der Waals surface area contributed by atoms with Crippen molar-refractivity contribution < 1.29 is 18.4 Å². The Labute approximate surface area is 163 Å². The van der Waals surface area contributed by atoms with Gasteiger partial charge < -0.3 is 19.5 Å². The monoisotopic (exact) mass is 381 g/mol. The molecule has 28 heavy (non-hydrogen) atoms. The van der Waals surface area contributed by atoms with E-state index in [0.29, 0.717) is 30.9 Å². The van der Waals surface area contributed by atoms with E-state index in [9.17, 15) is 9.59 Å². The summed E-state index contributed by atoms with van der Waals surface area (Å²) < 4.78 is 10.8. The molecule has 0 radical (unpaired) electrons. The molecular formula is C21H23N3O4. The van der Waals surface area contributed by atoms with E-state index in [1.54, 1.807) is 36.8 Å². The van der Waals surface area contributed by atoms with Crippen LogP contribution >= 0.6 is 0 Å². The lowest BCUT2D eigenvalue weighted by Crippen LogP contribution is -2.32. The second-order valence-corrected chi connectivity index (χ2v) is 6.29. The second kappa shape index (κ2) is 9.57. The van der Waals surface area contributed by atoms with E-state index in [0.717, 1.165) is 11.5 Å². The molecule has 2 amide bonds. The lowest BCUT2D eigenvalue weighted by Gasteiger charge is -2.19. The third-order valence-electron chi connectivity index (χ3n) is 4.03. The highest BCUT2D eigenvalue weighted by Gasteiger charge is 2.15. The third kappa shape index (κ3) is 5.59. The number of nitrogens with zero attached hydrogens (tertiary/aromatic N) is 1. The quantitative estimate of drug-likeness (QED) is 0.594. The molecule has 0 unspecified atom stereocenters. The Hall–Kier alpha value is -3.32. The van der Waals surface area contributed by atoms with Gasteiger partial charge in [-0.25, -0.2) is 0 Å². The maximum atomic E-state index is 12.6. The van der Waals surface area contributed by atoms with Crippen molar-refractivity contribution in [3.05, 3.63) is 78.1 Å². The van der Waals surface area contributed by atoms with E-state index in [2.05, 4.69) is 10.6 Å². The normalized spacial score (nSPS) is 10.8. The maximum absolute atomic E-state index is 12.6. The van der Waals surface area contributed by atoms with E-state index in [-0.39, 0.29) is 18.4 Å². The van der Waals surface area contributed by atoms with Crippen LogP contribution in [0.3, 0.4) is 0 Å². The number of hydrogen-bond donors (Lipinski definition) is 2. The fourth-order valence-corrected chi connectivity index (χ4v) is 2.82. The summed E-state index contributed by atoms with van der Waals surface area (Å²) in [5.74, 6) is 1.16. The Morgan fingerprint density at radius 3 is 2.21 bits per heavy atom. The first kappa shape index (κ1) is 19.4. The van der Waals surface area contributed by atoms with Gasteiger partial charge in [-0.3, -0.25) is 14.5 Å². The molecule has 0 saturated carbocycles. The van der Waals surface area contributed by atoms with Gasteiger partial charge in [-0.15, -0.1) is 0 Å². The summed E-state index contributed by atoms with van der Waals surface area (Å²) in [5, 5.41) is 5.59. The summed E-state index contributed by atoms with van der Waals surface area (Å²) >= 11 is 0. The first-order chi connectivity index (χ1) is 13.6. The average Bonchev–Trinajstić information content (AvgIpc) is 3.36. The molecular weight excluding hydrogens is 358 g/mol. The van der Waals surface area contributed by atoms with Gasteiger partial charge in [0.1, 0.15) is 11.5 Å². The highest BCUT2D eigenvalue weighted by atomic mass is 16.3.